The van der Waals surface area contributed by atoms with Gasteiger partial charge in [-0.2, -0.15) is 0 Å². The van der Waals surface area contributed by atoms with E-state index in [4.69, 9.17) is 0 Å². The molecule has 0 heterocycles. The molecule has 0 amide bonds. The highest BCUT2D eigenvalue weighted by Crippen LogP contribution is 2.28. The fraction of sp³-hybridized carbons (Fsp3) is 0.571. The Morgan fingerprint density at radius 2 is 0.591 bits per heavy atom. The van der Waals surface area contributed by atoms with Gasteiger partial charge in [0.1, 0.15) is 11.6 Å². The highest BCUT2D eigenvalue weighted by molar-refractivity contribution is 5.22. The van der Waals surface area contributed by atoms with Crippen LogP contribution in [0, 0.1) is 76.8 Å². The minimum absolute atomic E-state index is 0. The van der Waals surface area contributed by atoms with Crippen molar-refractivity contribution in [2.45, 2.75) is 135 Å². The first kappa shape index (κ1) is 43.6. The van der Waals surface area contributed by atoms with E-state index in [0.29, 0.717) is 11.1 Å². The van der Waals surface area contributed by atoms with Gasteiger partial charge in [-0.3, -0.25) is 0 Å². The summed E-state index contributed by atoms with van der Waals surface area (Å²) in [6.45, 7) is 20.9. The third kappa shape index (κ3) is 20.5. The lowest BCUT2D eigenvalue weighted by Gasteiger charge is -2.22. The second kappa shape index (κ2) is 23.8. The Labute approximate surface area is 273 Å². The van der Waals surface area contributed by atoms with Gasteiger partial charge in [-0.25, -0.2) is 8.78 Å². The van der Waals surface area contributed by atoms with E-state index in [1.54, 1.807) is 26.0 Å². The zero-order valence-corrected chi connectivity index (χ0v) is 28.5. The second-order valence-electron chi connectivity index (χ2n) is 13.4. The maximum atomic E-state index is 12.6. The Morgan fingerprint density at radius 3 is 0.773 bits per heavy atom. The summed E-state index contributed by atoms with van der Waals surface area (Å²) in [7, 11) is 0. The zero-order chi connectivity index (χ0) is 31.7. The molecule has 0 atom stereocenters. The van der Waals surface area contributed by atoms with Gasteiger partial charge in [0.2, 0.25) is 0 Å². The first-order valence-corrected chi connectivity index (χ1v) is 16.3. The van der Waals surface area contributed by atoms with E-state index in [-0.39, 0.29) is 26.5 Å². The molecule has 0 unspecified atom stereocenters. The Balaban J connectivity index is 0. The minimum atomic E-state index is -0.116. The first-order chi connectivity index (χ1) is 19.8. The lowest BCUT2D eigenvalue weighted by atomic mass is 9.84. The zero-order valence-electron chi connectivity index (χ0n) is 28.5. The van der Waals surface area contributed by atoms with Gasteiger partial charge in [-0.15, -0.1) is 0 Å². The van der Waals surface area contributed by atoms with Crippen LogP contribution in [0.4, 0.5) is 8.78 Å². The smallest absolute Gasteiger partial charge is 0.126 e. The lowest BCUT2D eigenvalue weighted by molar-refractivity contribution is 0.308. The van der Waals surface area contributed by atoms with Crippen LogP contribution in [0.3, 0.4) is 0 Å². The van der Waals surface area contributed by atoms with Crippen molar-refractivity contribution < 1.29 is 8.78 Å². The maximum Gasteiger partial charge on any atom is 0.126 e. The minimum Gasteiger partial charge on any atom is -0.207 e. The van der Waals surface area contributed by atoms with Crippen molar-refractivity contribution in [3.05, 3.63) is 106 Å². The lowest BCUT2D eigenvalue weighted by Crippen LogP contribution is -2.08. The van der Waals surface area contributed by atoms with Crippen molar-refractivity contribution in [3.63, 3.8) is 0 Å². The number of hydrogen-bond donors (Lipinski definition) is 0. The van der Waals surface area contributed by atoms with Gasteiger partial charge >= 0.3 is 0 Å². The van der Waals surface area contributed by atoms with E-state index < -0.39 is 0 Å². The molecule has 0 bridgehead atoms. The van der Waals surface area contributed by atoms with Crippen LogP contribution in [-0.2, 0) is 0 Å². The van der Waals surface area contributed by atoms with Gasteiger partial charge in [0, 0.05) is 0 Å². The molecule has 2 saturated carbocycles. The molecule has 2 fully saturated rings. The van der Waals surface area contributed by atoms with Gasteiger partial charge in [0.25, 0.3) is 0 Å². The quantitative estimate of drug-likeness (QED) is 0.237. The molecule has 2 heteroatoms. The highest BCUT2D eigenvalue weighted by atomic mass is 19.1. The van der Waals surface area contributed by atoms with Crippen LogP contribution in [0.2, 0.25) is 0 Å². The SMILES string of the molecule is C.C.CC1CCC(C)CC1.CC1CCC(C)CC1.Cc1ccc(C)c(F)c1.Cc1ccc(C)c(F)c1.Cc1ccc(C)cc1. The normalized spacial score (nSPS) is 20.1. The predicted octanol–water partition coefficient (Wildman–Crippen LogP) is 14.1. The molecular weight excluding hydrogens is 542 g/mol. The van der Waals surface area contributed by atoms with E-state index in [9.17, 15) is 8.78 Å². The van der Waals surface area contributed by atoms with Crippen LogP contribution in [0.25, 0.3) is 0 Å². The largest absolute Gasteiger partial charge is 0.207 e. The van der Waals surface area contributed by atoms with Crippen molar-refractivity contribution in [3.8, 4) is 0 Å². The molecule has 5 rings (SSSR count). The highest BCUT2D eigenvalue weighted by Gasteiger charge is 2.13. The molecule has 0 aliphatic heterocycles. The standard InChI is InChI=1S/2C8H9F.2C8H16.C8H10.2CH4/c2*1-6-3-4-7(2)8(9)5-6;3*1-7-3-5-8(2)6-4-7;;/h2*3-5H,1-2H3;2*7-8H,3-6H2,1-2H3;3-6H,1-2H3;2*1H4. The molecule has 0 N–H and O–H groups in total. The average Bonchev–Trinajstić information content (AvgIpc) is 2.95. The van der Waals surface area contributed by atoms with Crippen molar-refractivity contribution in [1.29, 1.82) is 0 Å². The van der Waals surface area contributed by atoms with Gasteiger partial charge in [0.05, 0.1) is 0 Å². The van der Waals surface area contributed by atoms with E-state index in [1.165, 1.54) is 74.6 Å². The molecule has 2 aliphatic rings. The van der Waals surface area contributed by atoms with Crippen LogP contribution < -0.4 is 0 Å². The predicted molar refractivity (Wildman–Crippen MR) is 195 cm³/mol. The van der Waals surface area contributed by atoms with Crippen LogP contribution in [0.5, 0.6) is 0 Å². The number of halogens is 2. The topological polar surface area (TPSA) is 0 Å². The van der Waals surface area contributed by atoms with Crippen LogP contribution >= 0.6 is 0 Å². The number of aryl methyl sites for hydroxylation is 6. The van der Waals surface area contributed by atoms with Gasteiger partial charge in [-0.05, 0) is 99.6 Å². The van der Waals surface area contributed by atoms with E-state index in [1.807, 2.05) is 26.0 Å². The Hall–Kier alpha value is -2.48. The van der Waals surface area contributed by atoms with E-state index in [2.05, 4.69) is 65.8 Å². The van der Waals surface area contributed by atoms with E-state index in [0.717, 1.165) is 34.8 Å². The molecular formula is C42H68F2. The summed E-state index contributed by atoms with van der Waals surface area (Å²) >= 11 is 0. The van der Waals surface area contributed by atoms with Crippen molar-refractivity contribution in [2.75, 3.05) is 0 Å². The maximum absolute atomic E-state index is 12.6. The molecule has 0 saturated heterocycles. The third-order valence-electron chi connectivity index (χ3n) is 8.48. The summed E-state index contributed by atoms with van der Waals surface area (Å²) in [5.41, 5.74) is 6.02. The summed E-state index contributed by atoms with van der Waals surface area (Å²) in [5, 5.41) is 0. The number of hydrogen-bond acceptors (Lipinski definition) is 0. The molecule has 0 nitrogen and oxygen atoms in total. The van der Waals surface area contributed by atoms with Crippen LogP contribution in [0.1, 0.15) is 127 Å². The Kier molecular flexibility index (Phi) is 23.7. The summed E-state index contributed by atoms with van der Waals surface area (Å²) in [5.74, 6) is 3.85. The number of rotatable bonds is 0. The first-order valence-electron chi connectivity index (χ1n) is 16.3. The van der Waals surface area contributed by atoms with Crippen molar-refractivity contribution >= 4 is 0 Å². The molecule has 0 spiro atoms. The fourth-order valence-electron chi connectivity index (χ4n) is 4.89. The van der Waals surface area contributed by atoms with Gasteiger partial charge in [0.15, 0.2) is 0 Å². The van der Waals surface area contributed by atoms with Crippen LogP contribution in [0.15, 0.2) is 60.7 Å². The van der Waals surface area contributed by atoms with Crippen molar-refractivity contribution in [1.82, 2.24) is 0 Å². The van der Waals surface area contributed by atoms with Gasteiger partial charge in [-0.1, -0.05) is 154 Å². The monoisotopic (exact) mass is 611 g/mol. The van der Waals surface area contributed by atoms with E-state index >= 15 is 0 Å². The molecule has 3 aromatic rings. The second-order valence-corrected chi connectivity index (χ2v) is 13.4. The summed E-state index contributed by atoms with van der Waals surface area (Å²) in [6, 6.07) is 18.9. The molecule has 0 aromatic heterocycles. The van der Waals surface area contributed by atoms with Gasteiger partial charge < -0.3 is 0 Å². The number of benzene rings is 3. The van der Waals surface area contributed by atoms with Crippen molar-refractivity contribution in [2.24, 2.45) is 23.7 Å². The molecule has 44 heavy (non-hydrogen) atoms. The van der Waals surface area contributed by atoms with Crippen LogP contribution in [-0.4, -0.2) is 0 Å². The molecule has 3 aromatic carbocycles. The molecule has 250 valence electrons. The Morgan fingerprint density at radius 1 is 0.386 bits per heavy atom. The third-order valence-corrected chi connectivity index (χ3v) is 8.48. The summed E-state index contributed by atoms with van der Waals surface area (Å²) in [6.07, 6.45) is 11.8. The summed E-state index contributed by atoms with van der Waals surface area (Å²) in [4.78, 5) is 0. The molecule has 0 radical (unpaired) electrons. The molecule has 2 aliphatic carbocycles. The fourth-order valence-corrected chi connectivity index (χ4v) is 4.89. The summed E-state index contributed by atoms with van der Waals surface area (Å²) < 4.78 is 25.2. The Bertz CT molecular complexity index is 1000. The average molecular weight is 611 g/mol.